The van der Waals surface area contributed by atoms with Crippen molar-refractivity contribution >= 4 is 5.91 Å². The van der Waals surface area contributed by atoms with Crippen LogP contribution < -0.4 is 11.1 Å². The van der Waals surface area contributed by atoms with E-state index in [1.807, 2.05) is 7.05 Å². The molecule has 0 saturated heterocycles. The summed E-state index contributed by atoms with van der Waals surface area (Å²) >= 11 is 0. The summed E-state index contributed by atoms with van der Waals surface area (Å²) in [5.74, 6) is 1.27. The molecule has 1 aromatic rings. The van der Waals surface area contributed by atoms with Gasteiger partial charge in [0.2, 0.25) is 5.91 Å². The van der Waals surface area contributed by atoms with Gasteiger partial charge in [-0.1, -0.05) is 20.8 Å². The molecule has 0 radical (unpaired) electrons. The van der Waals surface area contributed by atoms with E-state index in [0.29, 0.717) is 18.9 Å². The molecule has 6 nitrogen and oxygen atoms in total. The van der Waals surface area contributed by atoms with E-state index in [4.69, 9.17) is 5.73 Å². The first-order valence-corrected chi connectivity index (χ1v) is 7.70. The highest BCUT2D eigenvalue weighted by Crippen LogP contribution is 2.44. The maximum Gasteiger partial charge on any atom is 0.223 e. The van der Waals surface area contributed by atoms with Crippen LogP contribution in [0.15, 0.2) is 6.33 Å². The fourth-order valence-electron chi connectivity index (χ4n) is 3.24. The van der Waals surface area contributed by atoms with Crippen molar-refractivity contribution in [1.29, 1.82) is 0 Å². The number of nitrogens with zero attached hydrogens (tertiary/aromatic N) is 3. The average Bonchev–Trinajstić information content (AvgIpc) is 2.82. The molecule has 118 valence electrons. The van der Waals surface area contributed by atoms with Crippen molar-refractivity contribution in [3.63, 3.8) is 0 Å². The molecule has 1 heterocycles. The topological polar surface area (TPSA) is 85.8 Å². The smallest absolute Gasteiger partial charge is 0.223 e. The molecule has 0 aromatic carbocycles. The molecule has 21 heavy (non-hydrogen) atoms. The summed E-state index contributed by atoms with van der Waals surface area (Å²) < 4.78 is 1.67. The summed E-state index contributed by atoms with van der Waals surface area (Å²) in [5, 5.41) is 7.24. The quantitative estimate of drug-likeness (QED) is 0.862. The maximum absolute atomic E-state index is 12.5. The average molecular weight is 293 g/mol. The lowest BCUT2D eigenvalue weighted by Crippen LogP contribution is -2.51. The molecular formula is C15H27N5O. The Kier molecular flexibility index (Phi) is 4.66. The number of hydrogen-bond donors (Lipinski definition) is 2. The first kappa shape index (κ1) is 15.9. The molecule has 3 atom stereocenters. The summed E-state index contributed by atoms with van der Waals surface area (Å²) in [4.78, 5) is 16.6. The summed E-state index contributed by atoms with van der Waals surface area (Å²) in [6.07, 6.45) is 4.12. The highest BCUT2D eigenvalue weighted by atomic mass is 16.1. The largest absolute Gasteiger partial charge is 0.355 e. The van der Waals surface area contributed by atoms with Gasteiger partial charge in [0.1, 0.15) is 6.33 Å². The molecule has 1 amide bonds. The molecule has 0 aliphatic heterocycles. The van der Waals surface area contributed by atoms with Gasteiger partial charge in [0.05, 0.1) is 0 Å². The molecule has 3 unspecified atom stereocenters. The van der Waals surface area contributed by atoms with Gasteiger partial charge in [0.15, 0.2) is 5.82 Å². The lowest BCUT2D eigenvalue weighted by Gasteiger charge is -2.46. The summed E-state index contributed by atoms with van der Waals surface area (Å²) in [5.41, 5.74) is 6.08. The van der Waals surface area contributed by atoms with Gasteiger partial charge in [-0.15, -0.1) is 0 Å². The minimum absolute atomic E-state index is 0.0315. The molecule has 1 fully saturated rings. The molecule has 0 bridgehead atoms. The second-order valence-electron chi connectivity index (χ2n) is 6.78. The van der Waals surface area contributed by atoms with Gasteiger partial charge in [-0.25, -0.2) is 4.98 Å². The van der Waals surface area contributed by atoms with E-state index in [0.717, 1.165) is 18.7 Å². The third-order valence-corrected chi connectivity index (χ3v) is 5.11. The molecule has 2 rings (SSSR count). The Bertz CT molecular complexity index is 496. The number of rotatable bonds is 4. The van der Waals surface area contributed by atoms with Crippen LogP contribution in [0.1, 0.15) is 39.4 Å². The van der Waals surface area contributed by atoms with Crippen molar-refractivity contribution in [2.75, 3.05) is 6.54 Å². The van der Waals surface area contributed by atoms with E-state index in [1.165, 1.54) is 0 Å². The Morgan fingerprint density at radius 1 is 1.52 bits per heavy atom. The van der Waals surface area contributed by atoms with Gasteiger partial charge >= 0.3 is 0 Å². The predicted molar refractivity (Wildman–Crippen MR) is 81.4 cm³/mol. The van der Waals surface area contributed by atoms with E-state index in [1.54, 1.807) is 11.0 Å². The molecule has 1 aliphatic carbocycles. The monoisotopic (exact) mass is 293 g/mol. The summed E-state index contributed by atoms with van der Waals surface area (Å²) in [7, 11) is 1.84. The van der Waals surface area contributed by atoms with Crippen LogP contribution >= 0.6 is 0 Å². The Labute approximate surface area is 126 Å². The predicted octanol–water partition coefficient (Wildman–Crippen LogP) is 0.873. The Morgan fingerprint density at radius 3 is 2.86 bits per heavy atom. The summed E-state index contributed by atoms with van der Waals surface area (Å²) in [6.45, 7) is 7.04. The van der Waals surface area contributed by atoms with Crippen LogP contribution in [0.4, 0.5) is 0 Å². The minimum atomic E-state index is -0.0645. The fourth-order valence-corrected chi connectivity index (χ4v) is 3.24. The first-order valence-electron chi connectivity index (χ1n) is 7.70. The number of amides is 1. The fraction of sp³-hybridized carbons (Fsp3) is 0.800. The molecule has 3 N–H and O–H groups in total. The number of hydrogen-bond acceptors (Lipinski definition) is 4. The van der Waals surface area contributed by atoms with Crippen molar-refractivity contribution in [2.24, 2.45) is 30.0 Å². The van der Waals surface area contributed by atoms with Crippen molar-refractivity contribution in [3.05, 3.63) is 12.2 Å². The normalized spacial score (nSPS) is 28.3. The molecule has 0 spiro atoms. The third kappa shape index (κ3) is 3.43. The van der Waals surface area contributed by atoms with Crippen LogP contribution in [0.5, 0.6) is 0 Å². The van der Waals surface area contributed by atoms with Gasteiger partial charge in [-0.3, -0.25) is 9.48 Å². The van der Waals surface area contributed by atoms with Gasteiger partial charge in [-0.2, -0.15) is 5.10 Å². The van der Waals surface area contributed by atoms with E-state index >= 15 is 0 Å². The minimum Gasteiger partial charge on any atom is -0.355 e. The van der Waals surface area contributed by atoms with Gasteiger partial charge in [-0.05, 0) is 24.2 Å². The molecule has 1 aromatic heterocycles. The highest BCUT2D eigenvalue weighted by Gasteiger charge is 2.44. The molecule has 6 heteroatoms. The van der Waals surface area contributed by atoms with Crippen LogP contribution in [0.25, 0.3) is 0 Å². The van der Waals surface area contributed by atoms with Crippen molar-refractivity contribution in [2.45, 2.75) is 46.1 Å². The van der Waals surface area contributed by atoms with Crippen LogP contribution in [0, 0.1) is 17.3 Å². The highest BCUT2D eigenvalue weighted by molar-refractivity contribution is 5.79. The SMILES string of the molecule is CC1C(N)CCC(C(=O)NCCc2ncn(C)n2)C1(C)C. The second kappa shape index (κ2) is 6.13. The van der Waals surface area contributed by atoms with Crippen LogP contribution in [0.3, 0.4) is 0 Å². The van der Waals surface area contributed by atoms with Crippen molar-refractivity contribution in [3.8, 4) is 0 Å². The zero-order valence-corrected chi connectivity index (χ0v) is 13.5. The van der Waals surface area contributed by atoms with Crippen LogP contribution in [0.2, 0.25) is 0 Å². The van der Waals surface area contributed by atoms with Gasteiger partial charge in [0, 0.05) is 32.0 Å². The zero-order chi connectivity index (χ0) is 15.6. The van der Waals surface area contributed by atoms with Gasteiger partial charge < -0.3 is 11.1 Å². The molecule has 1 aliphatic rings. The van der Waals surface area contributed by atoms with Crippen LogP contribution in [-0.4, -0.2) is 33.3 Å². The first-order chi connectivity index (χ1) is 9.82. The van der Waals surface area contributed by atoms with Crippen LogP contribution in [-0.2, 0) is 18.3 Å². The van der Waals surface area contributed by atoms with E-state index in [9.17, 15) is 4.79 Å². The maximum atomic E-state index is 12.5. The number of carbonyl (C=O) groups excluding carboxylic acids is 1. The van der Waals surface area contributed by atoms with E-state index < -0.39 is 0 Å². The van der Waals surface area contributed by atoms with Crippen molar-refractivity contribution in [1.82, 2.24) is 20.1 Å². The Balaban J connectivity index is 1.88. The number of nitrogens with one attached hydrogen (secondary N) is 1. The lowest BCUT2D eigenvalue weighted by atomic mass is 9.61. The summed E-state index contributed by atoms with van der Waals surface area (Å²) in [6, 6.07) is 0.196. The van der Waals surface area contributed by atoms with Gasteiger partial charge in [0.25, 0.3) is 0 Å². The Morgan fingerprint density at radius 2 is 2.24 bits per heavy atom. The third-order valence-electron chi connectivity index (χ3n) is 5.11. The standard InChI is InChI=1S/C15H27N5O/c1-10-12(16)6-5-11(15(10,2)3)14(21)17-8-7-13-18-9-20(4)19-13/h9-12H,5-8,16H2,1-4H3,(H,17,21). The van der Waals surface area contributed by atoms with E-state index in [-0.39, 0.29) is 23.3 Å². The lowest BCUT2D eigenvalue weighted by molar-refractivity contribution is -0.132. The number of nitrogens with two attached hydrogens (primary N) is 1. The van der Waals surface area contributed by atoms with Crippen molar-refractivity contribution < 1.29 is 4.79 Å². The number of aryl methyl sites for hydroxylation is 1. The number of aromatic nitrogens is 3. The Hall–Kier alpha value is -1.43. The van der Waals surface area contributed by atoms with E-state index in [2.05, 4.69) is 36.2 Å². The molecular weight excluding hydrogens is 266 g/mol. The second-order valence-corrected chi connectivity index (χ2v) is 6.78. The molecule has 1 saturated carbocycles. The number of carbonyl (C=O) groups is 1. The zero-order valence-electron chi connectivity index (χ0n) is 13.5.